The van der Waals surface area contributed by atoms with Crippen molar-refractivity contribution in [3.05, 3.63) is 47.4 Å². The quantitative estimate of drug-likeness (QED) is 0.911. The third-order valence-corrected chi connectivity index (χ3v) is 4.76. The second kappa shape index (κ2) is 8.10. The highest BCUT2D eigenvalue weighted by molar-refractivity contribution is 5.92. The summed E-state index contributed by atoms with van der Waals surface area (Å²) in [5.41, 5.74) is 3.91. The maximum atomic E-state index is 12.6. The average Bonchev–Trinajstić information content (AvgIpc) is 2.93. The van der Waals surface area contributed by atoms with Crippen LogP contribution in [0.2, 0.25) is 0 Å². The van der Waals surface area contributed by atoms with Crippen LogP contribution in [-0.4, -0.2) is 33.9 Å². The van der Waals surface area contributed by atoms with Crippen LogP contribution in [0.1, 0.15) is 54.2 Å². The number of carbonyl (C=O) groups is 1. The van der Waals surface area contributed by atoms with Gasteiger partial charge < -0.3 is 10.2 Å². The largest absolute Gasteiger partial charge is 0.339 e. The molecule has 2 aromatic rings. The number of nitrogens with zero attached hydrogens (tertiary/aromatic N) is 3. The lowest BCUT2D eigenvalue weighted by molar-refractivity contribution is 0.0755. The highest BCUT2D eigenvalue weighted by Crippen LogP contribution is 2.24. The van der Waals surface area contributed by atoms with Crippen molar-refractivity contribution in [1.82, 2.24) is 14.9 Å². The van der Waals surface area contributed by atoms with E-state index in [-0.39, 0.29) is 5.91 Å². The van der Waals surface area contributed by atoms with Gasteiger partial charge in [-0.3, -0.25) is 4.79 Å². The maximum absolute atomic E-state index is 12.6. The fourth-order valence-corrected chi connectivity index (χ4v) is 3.27. The Hall–Kier alpha value is -2.43. The fourth-order valence-electron chi connectivity index (χ4n) is 3.27. The number of amides is 1. The standard InChI is InChI=1S/C20H26N4O/c1-3-16-10-8-9-15(2)19(16)23-18-14-21-17(13-22-18)20(25)24-11-6-4-5-7-12-24/h8-10,13-14H,3-7,11-12H2,1-2H3,(H,22,23). The molecule has 25 heavy (non-hydrogen) atoms. The molecule has 0 bridgehead atoms. The van der Waals surface area contributed by atoms with Gasteiger partial charge in [0.1, 0.15) is 11.5 Å². The van der Waals surface area contributed by atoms with Gasteiger partial charge in [0.15, 0.2) is 0 Å². The second-order valence-electron chi connectivity index (χ2n) is 6.58. The van der Waals surface area contributed by atoms with Gasteiger partial charge in [-0.1, -0.05) is 38.0 Å². The summed E-state index contributed by atoms with van der Waals surface area (Å²) in [4.78, 5) is 23.2. The molecule has 132 valence electrons. The lowest BCUT2D eigenvalue weighted by Crippen LogP contribution is -2.32. The van der Waals surface area contributed by atoms with Crippen LogP contribution >= 0.6 is 0 Å². The third-order valence-electron chi connectivity index (χ3n) is 4.76. The van der Waals surface area contributed by atoms with Gasteiger partial charge in [-0.2, -0.15) is 0 Å². The van der Waals surface area contributed by atoms with E-state index in [2.05, 4.69) is 47.3 Å². The molecule has 0 radical (unpaired) electrons. The van der Waals surface area contributed by atoms with E-state index >= 15 is 0 Å². The van der Waals surface area contributed by atoms with Crippen LogP contribution < -0.4 is 5.32 Å². The number of anilines is 2. The number of hydrogen-bond donors (Lipinski definition) is 1. The van der Waals surface area contributed by atoms with Gasteiger partial charge in [-0.05, 0) is 37.3 Å². The van der Waals surface area contributed by atoms with E-state index in [0.717, 1.165) is 38.0 Å². The number of rotatable bonds is 4. The molecule has 1 N–H and O–H groups in total. The van der Waals surface area contributed by atoms with Gasteiger partial charge in [-0.15, -0.1) is 0 Å². The van der Waals surface area contributed by atoms with Gasteiger partial charge in [0.25, 0.3) is 5.91 Å². The van der Waals surface area contributed by atoms with E-state index in [1.54, 1.807) is 12.4 Å². The van der Waals surface area contributed by atoms with Gasteiger partial charge in [0.05, 0.1) is 12.4 Å². The van der Waals surface area contributed by atoms with Crippen molar-refractivity contribution in [2.75, 3.05) is 18.4 Å². The Balaban J connectivity index is 1.73. The Morgan fingerprint density at radius 2 is 1.88 bits per heavy atom. The van der Waals surface area contributed by atoms with Gasteiger partial charge >= 0.3 is 0 Å². The predicted octanol–water partition coefficient (Wildman–Crippen LogP) is 4.11. The van der Waals surface area contributed by atoms with Crippen LogP contribution in [0.25, 0.3) is 0 Å². The number of aryl methyl sites for hydroxylation is 2. The minimum atomic E-state index is -0.00825. The average molecular weight is 338 g/mol. The van der Waals surface area contributed by atoms with Crippen molar-refractivity contribution in [3.63, 3.8) is 0 Å². The minimum absolute atomic E-state index is 0.00825. The zero-order chi connectivity index (χ0) is 17.6. The van der Waals surface area contributed by atoms with E-state index < -0.39 is 0 Å². The first kappa shape index (κ1) is 17.4. The molecule has 1 aromatic carbocycles. The molecule has 1 fully saturated rings. The number of likely N-dealkylation sites (tertiary alicyclic amines) is 1. The molecule has 1 aliphatic rings. The van der Waals surface area contributed by atoms with E-state index in [4.69, 9.17) is 0 Å². The van der Waals surface area contributed by atoms with Crippen LogP contribution in [0.4, 0.5) is 11.5 Å². The van der Waals surface area contributed by atoms with Crippen molar-refractivity contribution in [2.24, 2.45) is 0 Å². The van der Waals surface area contributed by atoms with Crippen LogP contribution in [0.15, 0.2) is 30.6 Å². The maximum Gasteiger partial charge on any atom is 0.274 e. The van der Waals surface area contributed by atoms with Gasteiger partial charge in [0.2, 0.25) is 0 Å². The van der Waals surface area contributed by atoms with E-state index in [1.807, 2.05) is 4.90 Å². The van der Waals surface area contributed by atoms with Crippen LogP contribution in [0.5, 0.6) is 0 Å². The second-order valence-corrected chi connectivity index (χ2v) is 6.58. The molecule has 1 aromatic heterocycles. The molecule has 1 aliphatic heterocycles. The number of hydrogen-bond acceptors (Lipinski definition) is 4. The molecule has 0 unspecified atom stereocenters. The topological polar surface area (TPSA) is 58.1 Å². The molecular formula is C20H26N4O. The first-order chi connectivity index (χ1) is 12.2. The van der Waals surface area contributed by atoms with Crippen molar-refractivity contribution in [1.29, 1.82) is 0 Å². The third kappa shape index (κ3) is 4.16. The lowest BCUT2D eigenvalue weighted by Gasteiger charge is -2.19. The smallest absolute Gasteiger partial charge is 0.274 e. The Morgan fingerprint density at radius 1 is 1.12 bits per heavy atom. The molecule has 5 nitrogen and oxygen atoms in total. The fraction of sp³-hybridized carbons (Fsp3) is 0.450. The normalized spacial score (nSPS) is 14.9. The van der Waals surface area contributed by atoms with Gasteiger partial charge in [-0.25, -0.2) is 9.97 Å². The van der Waals surface area contributed by atoms with E-state index in [9.17, 15) is 4.79 Å². The van der Waals surface area contributed by atoms with Crippen molar-refractivity contribution in [2.45, 2.75) is 46.0 Å². The SMILES string of the molecule is CCc1cccc(C)c1Nc1cnc(C(=O)N2CCCCCC2)cn1. The molecule has 1 saturated heterocycles. The molecule has 0 saturated carbocycles. The van der Waals surface area contributed by atoms with Crippen LogP contribution in [0.3, 0.4) is 0 Å². The monoisotopic (exact) mass is 338 g/mol. The molecule has 2 heterocycles. The molecule has 0 spiro atoms. The molecule has 0 aliphatic carbocycles. The summed E-state index contributed by atoms with van der Waals surface area (Å²) in [5.74, 6) is 0.655. The molecule has 5 heteroatoms. The summed E-state index contributed by atoms with van der Waals surface area (Å²) >= 11 is 0. The summed E-state index contributed by atoms with van der Waals surface area (Å²) in [7, 11) is 0. The van der Waals surface area contributed by atoms with Crippen molar-refractivity contribution < 1.29 is 4.79 Å². The summed E-state index contributed by atoms with van der Waals surface area (Å²) in [5, 5.41) is 3.35. The molecular weight excluding hydrogens is 312 g/mol. The Labute approximate surface area is 149 Å². The van der Waals surface area contributed by atoms with Crippen LogP contribution in [0, 0.1) is 6.92 Å². The molecule has 1 amide bonds. The van der Waals surface area contributed by atoms with Crippen molar-refractivity contribution >= 4 is 17.4 Å². The predicted molar refractivity (Wildman–Crippen MR) is 100 cm³/mol. The Kier molecular flexibility index (Phi) is 5.64. The summed E-state index contributed by atoms with van der Waals surface area (Å²) in [6.45, 7) is 5.86. The number of carbonyl (C=O) groups excluding carboxylic acids is 1. The highest BCUT2D eigenvalue weighted by atomic mass is 16.2. The number of benzene rings is 1. The number of aromatic nitrogens is 2. The molecule has 0 atom stereocenters. The Morgan fingerprint density at radius 3 is 2.52 bits per heavy atom. The van der Waals surface area contributed by atoms with Crippen LogP contribution in [-0.2, 0) is 6.42 Å². The Bertz CT molecular complexity index is 719. The zero-order valence-corrected chi connectivity index (χ0v) is 15.1. The lowest BCUT2D eigenvalue weighted by atomic mass is 10.1. The highest BCUT2D eigenvalue weighted by Gasteiger charge is 2.18. The summed E-state index contributed by atoms with van der Waals surface area (Å²) in [6.07, 6.45) is 8.74. The van der Waals surface area contributed by atoms with Crippen molar-refractivity contribution in [3.8, 4) is 0 Å². The van der Waals surface area contributed by atoms with Gasteiger partial charge in [0, 0.05) is 18.8 Å². The number of nitrogens with one attached hydrogen (secondary N) is 1. The van der Waals surface area contributed by atoms with E-state index in [1.165, 1.54) is 24.0 Å². The van der Waals surface area contributed by atoms with E-state index in [0.29, 0.717) is 11.5 Å². The first-order valence-corrected chi connectivity index (χ1v) is 9.16. The first-order valence-electron chi connectivity index (χ1n) is 9.16. The zero-order valence-electron chi connectivity index (χ0n) is 15.1. The number of para-hydroxylation sites is 1. The summed E-state index contributed by atoms with van der Waals surface area (Å²) in [6, 6.07) is 6.25. The summed E-state index contributed by atoms with van der Waals surface area (Å²) < 4.78 is 0. The molecule has 3 rings (SSSR count). The minimum Gasteiger partial charge on any atom is -0.339 e.